The van der Waals surface area contributed by atoms with Gasteiger partial charge in [-0.15, -0.1) is 0 Å². The first kappa shape index (κ1) is 19.2. The van der Waals surface area contributed by atoms with Crippen LogP contribution in [0.5, 0.6) is 0 Å². The van der Waals surface area contributed by atoms with E-state index in [4.69, 9.17) is 4.74 Å². The van der Waals surface area contributed by atoms with Gasteiger partial charge in [0, 0.05) is 31.0 Å². The Morgan fingerprint density at radius 2 is 1.76 bits per heavy atom. The summed E-state index contributed by atoms with van der Waals surface area (Å²) in [4.78, 5) is 27.7. The van der Waals surface area contributed by atoms with Crippen LogP contribution in [0.25, 0.3) is 0 Å². The summed E-state index contributed by atoms with van der Waals surface area (Å²) in [6.45, 7) is 6.31. The van der Waals surface area contributed by atoms with Gasteiger partial charge >= 0.3 is 0 Å². The number of amides is 2. The first-order valence-electron chi connectivity index (χ1n) is 8.76. The number of hydrogen-bond donors (Lipinski definition) is 2. The van der Waals surface area contributed by atoms with Crippen LogP contribution < -0.4 is 15.5 Å². The lowest BCUT2D eigenvalue weighted by molar-refractivity contribution is -0.122. The Bertz CT molecular complexity index is 556. The zero-order valence-electron chi connectivity index (χ0n) is 15.1. The molecule has 2 rings (SSSR count). The summed E-state index contributed by atoms with van der Waals surface area (Å²) in [6.07, 6.45) is 0.899. The molecule has 1 heterocycles. The zero-order valence-corrected chi connectivity index (χ0v) is 15.1. The molecule has 0 radical (unpaired) electrons. The molecule has 0 saturated carbocycles. The van der Waals surface area contributed by atoms with Crippen LogP contribution in [-0.2, 0) is 14.3 Å². The van der Waals surface area contributed by atoms with Crippen molar-refractivity contribution in [3.63, 3.8) is 0 Å². The lowest BCUT2D eigenvalue weighted by Crippen LogP contribution is -2.39. The lowest BCUT2D eigenvalue weighted by Gasteiger charge is -2.28. The van der Waals surface area contributed by atoms with Gasteiger partial charge < -0.3 is 20.3 Å². The second kappa shape index (κ2) is 10.0. The molecule has 0 aromatic heterocycles. The highest BCUT2D eigenvalue weighted by molar-refractivity contribution is 5.92. The summed E-state index contributed by atoms with van der Waals surface area (Å²) in [5.74, 6) is -0.197. The van der Waals surface area contributed by atoms with Crippen LogP contribution in [-0.4, -0.2) is 69.7 Å². The zero-order chi connectivity index (χ0) is 18.1. The highest BCUT2D eigenvalue weighted by Gasteiger charge is 2.12. The molecule has 0 aliphatic carbocycles. The molecule has 1 aromatic rings. The van der Waals surface area contributed by atoms with Gasteiger partial charge in [-0.3, -0.25) is 14.5 Å². The second-order valence-electron chi connectivity index (χ2n) is 6.22. The van der Waals surface area contributed by atoms with Crippen molar-refractivity contribution < 1.29 is 14.3 Å². The number of rotatable bonds is 8. The molecular formula is C18H28N4O3. The van der Waals surface area contributed by atoms with Crippen LogP contribution in [0.4, 0.5) is 11.4 Å². The van der Waals surface area contributed by atoms with E-state index in [1.165, 1.54) is 0 Å². The van der Waals surface area contributed by atoms with E-state index >= 15 is 0 Å². The fourth-order valence-corrected chi connectivity index (χ4v) is 2.64. The Kier molecular flexibility index (Phi) is 7.69. The Morgan fingerprint density at radius 3 is 2.40 bits per heavy atom. The smallest absolute Gasteiger partial charge is 0.238 e. The molecule has 1 aliphatic heterocycles. The van der Waals surface area contributed by atoms with Crippen molar-refractivity contribution in [2.75, 3.05) is 63.2 Å². The van der Waals surface area contributed by atoms with Gasteiger partial charge in [-0.1, -0.05) is 6.92 Å². The van der Waals surface area contributed by atoms with Gasteiger partial charge in [0.25, 0.3) is 0 Å². The van der Waals surface area contributed by atoms with Crippen molar-refractivity contribution in [1.82, 2.24) is 10.2 Å². The lowest BCUT2D eigenvalue weighted by atomic mass is 10.2. The number of carbonyl (C=O) groups is 2. The number of anilines is 2. The third kappa shape index (κ3) is 6.72. The maximum Gasteiger partial charge on any atom is 0.238 e. The van der Waals surface area contributed by atoms with Crippen molar-refractivity contribution in [3.8, 4) is 0 Å². The van der Waals surface area contributed by atoms with Gasteiger partial charge in [-0.25, -0.2) is 0 Å². The number of hydrogen-bond acceptors (Lipinski definition) is 5. The number of carbonyl (C=O) groups excluding carboxylic acids is 2. The minimum atomic E-state index is -0.134. The van der Waals surface area contributed by atoms with Gasteiger partial charge in [0.2, 0.25) is 11.8 Å². The number of morpholine rings is 1. The summed E-state index contributed by atoms with van der Waals surface area (Å²) in [6, 6.07) is 7.80. The SMILES string of the molecule is CCCNC(=O)CN(C)CC(=O)Nc1ccc(N2CCOCC2)cc1. The number of benzene rings is 1. The van der Waals surface area contributed by atoms with Crippen molar-refractivity contribution in [2.45, 2.75) is 13.3 Å². The summed E-state index contributed by atoms with van der Waals surface area (Å²) >= 11 is 0. The van der Waals surface area contributed by atoms with Gasteiger partial charge in [0.05, 0.1) is 26.3 Å². The monoisotopic (exact) mass is 348 g/mol. The van der Waals surface area contributed by atoms with Crippen molar-refractivity contribution in [2.24, 2.45) is 0 Å². The predicted molar refractivity (Wildman–Crippen MR) is 98.9 cm³/mol. The molecule has 1 aliphatic rings. The predicted octanol–water partition coefficient (Wildman–Crippen LogP) is 0.920. The van der Waals surface area contributed by atoms with E-state index in [-0.39, 0.29) is 24.9 Å². The quantitative estimate of drug-likeness (QED) is 0.731. The first-order valence-corrected chi connectivity index (χ1v) is 8.76. The molecule has 1 aromatic carbocycles. The number of likely N-dealkylation sites (N-methyl/N-ethyl adjacent to an activating group) is 1. The summed E-state index contributed by atoms with van der Waals surface area (Å²) in [7, 11) is 1.76. The van der Waals surface area contributed by atoms with E-state index in [1.807, 2.05) is 31.2 Å². The van der Waals surface area contributed by atoms with Gasteiger partial charge in [-0.2, -0.15) is 0 Å². The third-order valence-corrected chi connectivity index (χ3v) is 3.93. The van der Waals surface area contributed by atoms with E-state index in [1.54, 1.807) is 11.9 Å². The fraction of sp³-hybridized carbons (Fsp3) is 0.556. The van der Waals surface area contributed by atoms with Crippen LogP contribution in [0.15, 0.2) is 24.3 Å². The van der Waals surface area contributed by atoms with Crippen LogP contribution in [0.1, 0.15) is 13.3 Å². The molecule has 0 spiro atoms. The molecule has 0 atom stereocenters. The highest BCUT2D eigenvalue weighted by atomic mass is 16.5. The normalized spacial score (nSPS) is 14.4. The maximum atomic E-state index is 12.1. The standard InChI is InChI=1S/C18H28N4O3/c1-3-8-19-17(23)13-21(2)14-18(24)20-15-4-6-16(7-5-15)22-9-11-25-12-10-22/h4-7H,3,8-14H2,1-2H3,(H,19,23)(H,20,24). The molecule has 138 valence electrons. The maximum absolute atomic E-state index is 12.1. The van der Waals surface area contributed by atoms with Crippen LogP contribution in [0, 0.1) is 0 Å². The van der Waals surface area contributed by atoms with E-state index in [0.717, 1.165) is 44.1 Å². The molecular weight excluding hydrogens is 320 g/mol. The molecule has 0 bridgehead atoms. The summed E-state index contributed by atoms with van der Waals surface area (Å²) < 4.78 is 5.35. The number of nitrogens with one attached hydrogen (secondary N) is 2. The summed E-state index contributed by atoms with van der Waals surface area (Å²) in [5.41, 5.74) is 1.89. The van der Waals surface area contributed by atoms with E-state index in [2.05, 4.69) is 15.5 Å². The second-order valence-corrected chi connectivity index (χ2v) is 6.22. The molecule has 0 unspecified atom stereocenters. The molecule has 1 fully saturated rings. The fourth-order valence-electron chi connectivity index (χ4n) is 2.64. The average molecular weight is 348 g/mol. The Labute approximate surface area is 149 Å². The minimum Gasteiger partial charge on any atom is -0.378 e. The molecule has 2 amide bonds. The van der Waals surface area contributed by atoms with Crippen molar-refractivity contribution in [1.29, 1.82) is 0 Å². The number of ether oxygens (including phenoxy) is 1. The van der Waals surface area contributed by atoms with Gasteiger partial charge in [0.1, 0.15) is 0 Å². The topological polar surface area (TPSA) is 73.9 Å². The Morgan fingerprint density at radius 1 is 1.12 bits per heavy atom. The van der Waals surface area contributed by atoms with E-state index in [9.17, 15) is 9.59 Å². The Balaban J connectivity index is 1.76. The molecule has 7 heteroatoms. The van der Waals surface area contributed by atoms with Crippen LogP contribution in [0.2, 0.25) is 0 Å². The van der Waals surface area contributed by atoms with Gasteiger partial charge in [-0.05, 0) is 37.7 Å². The van der Waals surface area contributed by atoms with Crippen LogP contribution in [0.3, 0.4) is 0 Å². The first-order chi connectivity index (χ1) is 12.1. The highest BCUT2D eigenvalue weighted by Crippen LogP contribution is 2.18. The molecule has 1 saturated heterocycles. The Hall–Kier alpha value is -2.12. The van der Waals surface area contributed by atoms with Gasteiger partial charge in [0.15, 0.2) is 0 Å². The summed E-state index contributed by atoms with van der Waals surface area (Å²) in [5, 5.41) is 5.66. The molecule has 25 heavy (non-hydrogen) atoms. The largest absolute Gasteiger partial charge is 0.378 e. The van der Waals surface area contributed by atoms with Crippen molar-refractivity contribution >= 4 is 23.2 Å². The molecule has 7 nitrogen and oxygen atoms in total. The third-order valence-electron chi connectivity index (χ3n) is 3.93. The minimum absolute atomic E-state index is 0.0629. The molecule has 2 N–H and O–H groups in total. The number of nitrogens with zero attached hydrogens (tertiary/aromatic N) is 2. The van der Waals surface area contributed by atoms with E-state index in [0.29, 0.717) is 6.54 Å². The van der Waals surface area contributed by atoms with Crippen molar-refractivity contribution in [3.05, 3.63) is 24.3 Å². The van der Waals surface area contributed by atoms with Crippen LogP contribution >= 0.6 is 0 Å². The van der Waals surface area contributed by atoms with E-state index < -0.39 is 0 Å². The average Bonchev–Trinajstić information content (AvgIpc) is 2.61.